The molecule has 0 bridgehead atoms. The highest BCUT2D eigenvalue weighted by Gasteiger charge is 2.22. The lowest BCUT2D eigenvalue weighted by molar-refractivity contribution is -0.000878. The summed E-state index contributed by atoms with van der Waals surface area (Å²) in [6, 6.07) is 17.8. The summed E-state index contributed by atoms with van der Waals surface area (Å²) in [5, 5.41) is 0. The van der Waals surface area contributed by atoms with Crippen molar-refractivity contribution in [1.29, 1.82) is 0 Å². The Morgan fingerprint density at radius 3 is 1.65 bits per heavy atom. The predicted octanol–water partition coefficient (Wildman–Crippen LogP) is 4.89. The third-order valence-electron chi connectivity index (χ3n) is 3.93. The van der Waals surface area contributed by atoms with Crippen LogP contribution in [0.1, 0.15) is 54.3 Å². The van der Waals surface area contributed by atoms with E-state index < -0.39 is 0 Å². The van der Waals surface area contributed by atoms with Crippen LogP contribution < -0.4 is 0 Å². The van der Waals surface area contributed by atoms with E-state index in [9.17, 15) is 9.59 Å². The van der Waals surface area contributed by atoms with E-state index in [0.29, 0.717) is 29.9 Å². The molecule has 0 radical (unpaired) electrons. The van der Waals surface area contributed by atoms with E-state index in [4.69, 9.17) is 9.47 Å². The quantitative estimate of drug-likeness (QED) is 0.633. The van der Waals surface area contributed by atoms with E-state index in [0.717, 1.165) is 0 Å². The summed E-state index contributed by atoms with van der Waals surface area (Å²) in [6.45, 7) is 5.97. The maximum Gasteiger partial charge on any atom is 0.338 e. The van der Waals surface area contributed by atoms with Crippen LogP contribution in [0.15, 0.2) is 60.7 Å². The molecule has 0 amide bonds. The van der Waals surface area contributed by atoms with E-state index in [2.05, 4.69) is 13.8 Å². The summed E-state index contributed by atoms with van der Waals surface area (Å²) in [5.74, 6) is -0.353. The van der Waals surface area contributed by atoms with E-state index in [1.54, 1.807) is 48.5 Å². The van der Waals surface area contributed by atoms with Gasteiger partial charge in [0.2, 0.25) is 0 Å². The van der Waals surface area contributed by atoms with Crippen molar-refractivity contribution in [3.63, 3.8) is 0 Å². The number of rotatable bonds is 8. The highest BCUT2D eigenvalue weighted by Crippen LogP contribution is 2.18. The van der Waals surface area contributed by atoms with Crippen molar-refractivity contribution in [2.24, 2.45) is 5.92 Å². The molecule has 0 N–H and O–H groups in total. The number of esters is 2. The first-order valence-electron chi connectivity index (χ1n) is 8.97. The monoisotopic (exact) mass is 354 g/mol. The number of hydrogen-bond acceptors (Lipinski definition) is 4. The Hall–Kier alpha value is -2.62. The minimum atomic E-state index is -0.365. The molecule has 138 valence electrons. The number of ether oxygens (including phenoxy) is 2. The molecule has 0 aliphatic carbocycles. The Morgan fingerprint density at radius 2 is 1.19 bits per heavy atom. The molecule has 0 spiro atoms. The SMILES string of the molecule is CC(C)C[C@H](C[C@H](C)OC(=O)c1ccccc1)OC(=O)c1ccccc1. The summed E-state index contributed by atoms with van der Waals surface area (Å²) in [5.41, 5.74) is 1.04. The molecule has 0 unspecified atom stereocenters. The molecule has 0 aromatic heterocycles. The largest absolute Gasteiger partial charge is 0.459 e. The predicted molar refractivity (Wildman–Crippen MR) is 101 cm³/mol. The summed E-state index contributed by atoms with van der Waals surface area (Å²) in [6.07, 6.45) is 0.525. The van der Waals surface area contributed by atoms with Gasteiger partial charge < -0.3 is 9.47 Å². The van der Waals surface area contributed by atoms with Crippen molar-refractivity contribution >= 4 is 11.9 Å². The van der Waals surface area contributed by atoms with Crippen LogP contribution in [0, 0.1) is 5.92 Å². The Bertz CT molecular complexity index is 695. The lowest BCUT2D eigenvalue weighted by atomic mass is 10.0. The zero-order chi connectivity index (χ0) is 18.9. The minimum Gasteiger partial charge on any atom is -0.459 e. The fourth-order valence-corrected chi connectivity index (χ4v) is 2.76. The molecule has 26 heavy (non-hydrogen) atoms. The zero-order valence-electron chi connectivity index (χ0n) is 15.6. The van der Waals surface area contributed by atoms with E-state index in [1.807, 2.05) is 19.1 Å². The number of benzene rings is 2. The normalized spacial score (nSPS) is 13.1. The van der Waals surface area contributed by atoms with E-state index >= 15 is 0 Å². The van der Waals surface area contributed by atoms with Gasteiger partial charge in [0.1, 0.15) is 12.2 Å². The van der Waals surface area contributed by atoms with Gasteiger partial charge >= 0.3 is 11.9 Å². The van der Waals surface area contributed by atoms with Crippen molar-refractivity contribution in [2.45, 2.75) is 45.8 Å². The second-order valence-corrected chi connectivity index (χ2v) is 6.84. The molecule has 2 aromatic rings. The van der Waals surface area contributed by atoms with Gasteiger partial charge in [-0.1, -0.05) is 50.2 Å². The van der Waals surface area contributed by atoms with Crippen molar-refractivity contribution in [1.82, 2.24) is 0 Å². The molecule has 0 fully saturated rings. The van der Waals surface area contributed by atoms with Gasteiger partial charge in [0.15, 0.2) is 0 Å². The first-order chi connectivity index (χ1) is 12.5. The highest BCUT2D eigenvalue weighted by atomic mass is 16.6. The molecule has 2 rings (SSSR count). The number of carbonyl (C=O) groups is 2. The lowest BCUT2D eigenvalue weighted by Crippen LogP contribution is -2.27. The number of hydrogen-bond donors (Lipinski definition) is 0. The summed E-state index contributed by atoms with van der Waals surface area (Å²) in [4.78, 5) is 24.5. The van der Waals surface area contributed by atoms with Crippen LogP contribution >= 0.6 is 0 Å². The first kappa shape index (κ1) is 19.7. The van der Waals surface area contributed by atoms with Gasteiger partial charge in [-0.2, -0.15) is 0 Å². The zero-order valence-corrected chi connectivity index (χ0v) is 15.6. The van der Waals surface area contributed by atoms with Crippen LogP contribution in [-0.4, -0.2) is 24.1 Å². The number of carbonyl (C=O) groups excluding carboxylic acids is 2. The molecule has 2 atom stereocenters. The third-order valence-corrected chi connectivity index (χ3v) is 3.93. The maximum absolute atomic E-state index is 12.3. The van der Waals surface area contributed by atoms with Gasteiger partial charge in [-0.3, -0.25) is 0 Å². The molecule has 4 heteroatoms. The lowest BCUT2D eigenvalue weighted by Gasteiger charge is -2.23. The third kappa shape index (κ3) is 6.36. The van der Waals surface area contributed by atoms with Gasteiger partial charge in [0.25, 0.3) is 0 Å². The van der Waals surface area contributed by atoms with Gasteiger partial charge in [-0.05, 0) is 43.5 Å². The molecular weight excluding hydrogens is 328 g/mol. The van der Waals surface area contributed by atoms with Crippen LogP contribution in [-0.2, 0) is 9.47 Å². The Morgan fingerprint density at radius 1 is 0.731 bits per heavy atom. The standard InChI is InChI=1S/C22H26O4/c1-16(2)14-20(26-22(24)19-12-8-5-9-13-19)15-17(3)25-21(23)18-10-6-4-7-11-18/h4-13,16-17,20H,14-15H2,1-3H3/t17-,20+/m0/s1. The summed E-state index contributed by atoms with van der Waals surface area (Å²) < 4.78 is 11.2. The Kier molecular flexibility index (Phi) is 7.39. The van der Waals surface area contributed by atoms with Crippen molar-refractivity contribution in [3.05, 3.63) is 71.8 Å². The summed E-state index contributed by atoms with van der Waals surface area (Å²) >= 11 is 0. The second-order valence-electron chi connectivity index (χ2n) is 6.84. The van der Waals surface area contributed by atoms with E-state index in [1.165, 1.54) is 0 Å². The summed E-state index contributed by atoms with van der Waals surface area (Å²) in [7, 11) is 0. The Balaban J connectivity index is 1.96. The van der Waals surface area contributed by atoms with Gasteiger partial charge in [0.05, 0.1) is 11.1 Å². The van der Waals surface area contributed by atoms with E-state index in [-0.39, 0.29) is 24.1 Å². The average Bonchev–Trinajstić information content (AvgIpc) is 2.62. The second kappa shape index (κ2) is 9.76. The molecule has 0 saturated carbocycles. The topological polar surface area (TPSA) is 52.6 Å². The van der Waals surface area contributed by atoms with Crippen molar-refractivity contribution < 1.29 is 19.1 Å². The average molecular weight is 354 g/mol. The molecule has 0 saturated heterocycles. The molecule has 4 nitrogen and oxygen atoms in total. The van der Waals surface area contributed by atoms with Crippen LogP contribution in [0.25, 0.3) is 0 Å². The molecule has 0 heterocycles. The Labute approximate surface area is 155 Å². The maximum atomic E-state index is 12.3. The molecular formula is C22H26O4. The molecule has 0 aliphatic heterocycles. The van der Waals surface area contributed by atoms with Gasteiger partial charge in [-0.15, -0.1) is 0 Å². The first-order valence-corrected chi connectivity index (χ1v) is 8.97. The van der Waals surface area contributed by atoms with Crippen molar-refractivity contribution in [3.8, 4) is 0 Å². The minimum absolute atomic E-state index is 0.304. The van der Waals surface area contributed by atoms with Gasteiger partial charge in [-0.25, -0.2) is 9.59 Å². The van der Waals surface area contributed by atoms with Crippen LogP contribution in [0.3, 0.4) is 0 Å². The van der Waals surface area contributed by atoms with Crippen LogP contribution in [0.4, 0.5) is 0 Å². The molecule has 2 aromatic carbocycles. The van der Waals surface area contributed by atoms with Crippen LogP contribution in [0.2, 0.25) is 0 Å². The smallest absolute Gasteiger partial charge is 0.338 e. The fourth-order valence-electron chi connectivity index (χ4n) is 2.76. The molecule has 0 aliphatic rings. The van der Waals surface area contributed by atoms with Gasteiger partial charge in [0, 0.05) is 6.42 Å². The highest BCUT2D eigenvalue weighted by molar-refractivity contribution is 5.90. The van der Waals surface area contributed by atoms with Crippen molar-refractivity contribution in [2.75, 3.05) is 0 Å². The fraction of sp³-hybridized carbons (Fsp3) is 0.364. The van der Waals surface area contributed by atoms with Crippen LogP contribution in [0.5, 0.6) is 0 Å².